The molecule has 0 saturated carbocycles. The van der Waals surface area contributed by atoms with E-state index in [1.807, 2.05) is 0 Å². The van der Waals surface area contributed by atoms with Crippen molar-refractivity contribution >= 4 is 16.0 Å². The number of aromatic nitrogens is 2. The maximum absolute atomic E-state index is 12.7. The summed E-state index contributed by atoms with van der Waals surface area (Å²) in [6.45, 7) is -0.374. The van der Waals surface area contributed by atoms with Crippen LogP contribution in [0.15, 0.2) is 17.3 Å². The average Bonchev–Trinajstić information content (AvgIpc) is 2.93. The number of hydrogen-bond acceptors (Lipinski definition) is 5. The largest absolute Gasteiger partial charge is 0.480 e. The number of aliphatic hydroxyl groups is 1. The lowest BCUT2D eigenvalue weighted by molar-refractivity contribution is -0.137. The topological polar surface area (TPSA) is 113 Å². The maximum Gasteiger partial charge on any atom is 0.325 e. The standard InChI is InChI=1S/C12H17N3O5S/c16-10-3-8-1-2-9(4-10)15(8)21(19,20)11-5-13-14(6-11)7-12(17)18/h5-6,8-10,16H,1-4,7H2,(H,17,18). The van der Waals surface area contributed by atoms with Crippen molar-refractivity contribution in [2.75, 3.05) is 0 Å². The van der Waals surface area contributed by atoms with E-state index in [2.05, 4.69) is 5.10 Å². The van der Waals surface area contributed by atoms with Crippen molar-refractivity contribution in [1.82, 2.24) is 14.1 Å². The van der Waals surface area contributed by atoms with Gasteiger partial charge in [0.1, 0.15) is 11.4 Å². The van der Waals surface area contributed by atoms with E-state index in [-0.39, 0.29) is 23.5 Å². The Labute approximate surface area is 122 Å². The van der Waals surface area contributed by atoms with Crippen LogP contribution in [0.25, 0.3) is 0 Å². The highest BCUT2D eigenvalue weighted by molar-refractivity contribution is 7.89. The second kappa shape index (κ2) is 5.08. The molecule has 2 bridgehead atoms. The van der Waals surface area contributed by atoms with Crippen LogP contribution in [0.5, 0.6) is 0 Å². The van der Waals surface area contributed by atoms with Crippen LogP contribution >= 0.6 is 0 Å². The SMILES string of the molecule is O=C(O)Cn1cc(S(=O)(=O)N2C3CCC2CC(O)C3)cn1. The highest BCUT2D eigenvalue weighted by Gasteiger charge is 2.47. The van der Waals surface area contributed by atoms with Gasteiger partial charge in [-0.15, -0.1) is 0 Å². The highest BCUT2D eigenvalue weighted by Crippen LogP contribution is 2.39. The zero-order chi connectivity index (χ0) is 15.2. The number of aliphatic carboxylic acids is 1. The third-order valence-corrected chi connectivity index (χ3v) is 6.08. The van der Waals surface area contributed by atoms with Crippen LogP contribution in [0.4, 0.5) is 0 Å². The lowest BCUT2D eigenvalue weighted by atomic mass is 10.0. The Bertz CT molecular complexity index is 642. The molecule has 0 spiro atoms. The van der Waals surface area contributed by atoms with E-state index in [4.69, 9.17) is 5.11 Å². The van der Waals surface area contributed by atoms with Gasteiger partial charge in [-0.25, -0.2) is 8.42 Å². The molecule has 2 saturated heterocycles. The molecule has 2 atom stereocenters. The first kappa shape index (κ1) is 14.5. The first-order valence-electron chi connectivity index (χ1n) is 6.84. The van der Waals surface area contributed by atoms with Crippen LogP contribution in [0, 0.1) is 0 Å². The molecule has 1 aromatic rings. The fraction of sp³-hybridized carbons (Fsp3) is 0.667. The van der Waals surface area contributed by atoms with E-state index in [1.165, 1.54) is 16.7 Å². The molecule has 0 radical (unpaired) electrons. The quantitative estimate of drug-likeness (QED) is 0.785. The van der Waals surface area contributed by atoms with E-state index in [0.29, 0.717) is 12.8 Å². The normalized spacial score (nSPS) is 29.7. The Balaban J connectivity index is 1.87. The molecule has 0 aliphatic carbocycles. The minimum absolute atomic E-state index is 0.0111. The third-order valence-electron chi connectivity index (χ3n) is 4.12. The van der Waals surface area contributed by atoms with Crippen molar-refractivity contribution in [1.29, 1.82) is 0 Å². The van der Waals surface area contributed by atoms with Gasteiger partial charge in [0.15, 0.2) is 0 Å². The van der Waals surface area contributed by atoms with Crippen LogP contribution in [0.2, 0.25) is 0 Å². The summed E-state index contributed by atoms with van der Waals surface area (Å²) in [5, 5.41) is 22.2. The number of fused-ring (bicyclic) bond motifs is 2. The maximum atomic E-state index is 12.7. The number of rotatable bonds is 4. The molecule has 0 aromatic carbocycles. The summed E-state index contributed by atoms with van der Waals surface area (Å²) in [7, 11) is -3.69. The molecule has 21 heavy (non-hydrogen) atoms. The zero-order valence-corrected chi connectivity index (χ0v) is 12.1. The molecule has 3 heterocycles. The molecule has 116 valence electrons. The van der Waals surface area contributed by atoms with Crippen LogP contribution in [-0.2, 0) is 21.4 Å². The number of hydrogen-bond donors (Lipinski definition) is 2. The van der Waals surface area contributed by atoms with Gasteiger partial charge in [0.2, 0.25) is 10.0 Å². The predicted octanol–water partition coefficient (Wildman–Crippen LogP) is -0.356. The Morgan fingerprint density at radius 1 is 1.33 bits per heavy atom. The molecule has 1 aromatic heterocycles. The molecular formula is C12H17N3O5S. The number of sulfonamides is 1. The van der Waals surface area contributed by atoms with E-state index >= 15 is 0 Å². The van der Waals surface area contributed by atoms with Gasteiger partial charge < -0.3 is 10.2 Å². The number of aliphatic hydroxyl groups excluding tert-OH is 1. The molecule has 8 nitrogen and oxygen atoms in total. The molecular weight excluding hydrogens is 298 g/mol. The molecule has 2 aliphatic heterocycles. The fourth-order valence-corrected chi connectivity index (χ4v) is 5.17. The molecule has 3 rings (SSSR count). The monoisotopic (exact) mass is 315 g/mol. The highest BCUT2D eigenvalue weighted by atomic mass is 32.2. The average molecular weight is 315 g/mol. The minimum atomic E-state index is -3.69. The second-order valence-electron chi connectivity index (χ2n) is 5.61. The van der Waals surface area contributed by atoms with Gasteiger partial charge in [-0.3, -0.25) is 9.48 Å². The molecule has 2 fully saturated rings. The van der Waals surface area contributed by atoms with Crippen LogP contribution in [0.1, 0.15) is 25.7 Å². The third kappa shape index (κ3) is 2.56. The number of carboxylic acid groups (broad SMARTS) is 1. The Morgan fingerprint density at radius 2 is 1.95 bits per heavy atom. The van der Waals surface area contributed by atoms with Gasteiger partial charge in [-0.1, -0.05) is 0 Å². The number of carboxylic acids is 1. The van der Waals surface area contributed by atoms with Gasteiger partial charge in [0, 0.05) is 18.3 Å². The Morgan fingerprint density at radius 3 is 2.52 bits per heavy atom. The molecule has 0 amide bonds. The number of nitrogens with zero attached hydrogens (tertiary/aromatic N) is 3. The van der Waals surface area contributed by atoms with Crippen molar-refractivity contribution in [2.45, 2.75) is 55.3 Å². The van der Waals surface area contributed by atoms with Gasteiger partial charge in [-0.05, 0) is 25.7 Å². The van der Waals surface area contributed by atoms with E-state index < -0.39 is 22.1 Å². The molecule has 2 N–H and O–H groups in total. The van der Waals surface area contributed by atoms with E-state index in [1.54, 1.807) is 0 Å². The number of piperidine rings is 1. The summed E-state index contributed by atoms with van der Waals surface area (Å²) >= 11 is 0. The van der Waals surface area contributed by atoms with Crippen LogP contribution < -0.4 is 0 Å². The molecule has 9 heteroatoms. The fourth-order valence-electron chi connectivity index (χ4n) is 3.32. The van der Waals surface area contributed by atoms with E-state index in [9.17, 15) is 18.3 Å². The first-order chi connectivity index (χ1) is 9.88. The minimum Gasteiger partial charge on any atom is -0.480 e. The summed E-state index contributed by atoms with van der Waals surface area (Å²) < 4.78 is 28.0. The van der Waals surface area contributed by atoms with Crippen molar-refractivity contribution in [3.05, 3.63) is 12.4 Å². The van der Waals surface area contributed by atoms with Crippen molar-refractivity contribution < 1.29 is 23.4 Å². The summed E-state index contributed by atoms with van der Waals surface area (Å²) in [5.41, 5.74) is 0. The van der Waals surface area contributed by atoms with Crippen LogP contribution in [0.3, 0.4) is 0 Å². The number of carbonyl (C=O) groups is 1. The van der Waals surface area contributed by atoms with Crippen LogP contribution in [-0.4, -0.2) is 56.9 Å². The Kier molecular flexibility index (Phi) is 3.50. The first-order valence-corrected chi connectivity index (χ1v) is 8.28. The smallest absolute Gasteiger partial charge is 0.325 e. The summed E-state index contributed by atoms with van der Waals surface area (Å²) in [4.78, 5) is 10.6. The second-order valence-corrected chi connectivity index (χ2v) is 7.46. The Hall–Kier alpha value is -1.45. The summed E-state index contributed by atoms with van der Waals surface area (Å²) in [5.74, 6) is -1.08. The summed E-state index contributed by atoms with van der Waals surface area (Å²) in [6.07, 6.45) is 4.41. The van der Waals surface area contributed by atoms with Gasteiger partial charge in [-0.2, -0.15) is 9.40 Å². The lowest BCUT2D eigenvalue weighted by Gasteiger charge is -2.35. The molecule has 2 unspecified atom stereocenters. The van der Waals surface area contributed by atoms with Crippen molar-refractivity contribution in [2.24, 2.45) is 0 Å². The van der Waals surface area contributed by atoms with E-state index in [0.717, 1.165) is 17.5 Å². The molecule has 2 aliphatic rings. The van der Waals surface area contributed by atoms with Crippen molar-refractivity contribution in [3.63, 3.8) is 0 Å². The predicted molar refractivity (Wildman–Crippen MR) is 70.9 cm³/mol. The summed E-state index contributed by atoms with van der Waals surface area (Å²) in [6, 6.07) is -0.349. The van der Waals surface area contributed by atoms with Gasteiger partial charge in [0.25, 0.3) is 0 Å². The van der Waals surface area contributed by atoms with Gasteiger partial charge >= 0.3 is 5.97 Å². The zero-order valence-electron chi connectivity index (χ0n) is 11.3. The van der Waals surface area contributed by atoms with Gasteiger partial charge in [0.05, 0.1) is 12.3 Å². The van der Waals surface area contributed by atoms with Crippen molar-refractivity contribution in [3.8, 4) is 0 Å². The lowest BCUT2D eigenvalue weighted by Crippen LogP contribution is -2.47.